The lowest BCUT2D eigenvalue weighted by atomic mass is 10.3. The van der Waals surface area contributed by atoms with Crippen LogP contribution in [0.2, 0.25) is 5.02 Å². The van der Waals surface area contributed by atoms with E-state index >= 15 is 0 Å². The highest BCUT2D eigenvalue weighted by Gasteiger charge is 2.10. The van der Waals surface area contributed by atoms with Gasteiger partial charge in [0.1, 0.15) is 5.02 Å². The predicted octanol–water partition coefficient (Wildman–Crippen LogP) is 2.59. The number of aromatic nitrogens is 3. The third-order valence-electron chi connectivity index (χ3n) is 2.57. The Hall–Kier alpha value is -1.40. The summed E-state index contributed by atoms with van der Waals surface area (Å²) in [5, 5.41) is 10.4. The van der Waals surface area contributed by atoms with E-state index in [1.165, 1.54) is 4.68 Å². The largest absolute Gasteiger partial charge is 0.382 e. The molecule has 0 saturated heterocycles. The van der Waals surface area contributed by atoms with E-state index in [4.69, 9.17) is 11.6 Å². The van der Waals surface area contributed by atoms with Gasteiger partial charge in [0, 0.05) is 24.5 Å². The lowest BCUT2D eigenvalue weighted by molar-refractivity contribution is 0.503. The van der Waals surface area contributed by atoms with Gasteiger partial charge in [-0.3, -0.25) is 4.79 Å². The van der Waals surface area contributed by atoms with Gasteiger partial charge in [0.25, 0.3) is 5.56 Å². The van der Waals surface area contributed by atoms with Crippen LogP contribution in [0.25, 0.3) is 0 Å². The highest BCUT2D eigenvalue weighted by Crippen LogP contribution is 2.16. The first-order chi connectivity index (χ1) is 9.09. The molecule has 0 bridgehead atoms. The van der Waals surface area contributed by atoms with Crippen LogP contribution in [-0.4, -0.2) is 21.3 Å². The molecule has 0 aromatic carbocycles. The van der Waals surface area contributed by atoms with E-state index in [0.29, 0.717) is 12.2 Å². The Morgan fingerprint density at radius 1 is 1.53 bits per heavy atom. The van der Waals surface area contributed by atoms with Crippen LogP contribution in [0.1, 0.15) is 24.9 Å². The van der Waals surface area contributed by atoms with Crippen LogP contribution in [0.3, 0.4) is 0 Å². The van der Waals surface area contributed by atoms with E-state index in [0.717, 1.165) is 11.4 Å². The smallest absolute Gasteiger partial charge is 0.287 e. The van der Waals surface area contributed by atoms with Gasteiger partial charge in [-0.1, -0.05) is 11.6 Å². The van der Waals surface area contributed by atoms with Crippen LogP contribution in [0.5, 0.6) is 0 Å². The molecule has 1 N–H and O–H groups in total. The zero-order chi connectivity index (χ0) is 13.8. The molecule has 0 radical (unpaired) electrons. The van der Waals surface area contributed by atoms with Crippen LogP contribution >= 0.6 is 22.9 Å². The second kappa shape index (κ2) is 6.16. The van der Waals surface area contributed by atoms with Gasteiger partial charge in [0.2, 0.25) is 0 Å². The number of halogens is 1. The molecule has 0 atom stereocenters. The molecule has 0 aliphatic heterocycles. The van der Waals surface area contributed by atoms with E-state index in [1.54, 1.807) is 23.7 Å². The molecule has 0 spiro atoms. The molecule has 102 valence electrons. The average molecular weight is 299 g/mol. The van der Waals surface area contributed by atoms with Crippen LogP contribution in [0, 0.1) is 0 Å². The highest BCUT2D eigenvalue weighted by atomic mass is 35.5. The second-order valence-electron chi connectivity index (χ2n) is 4.32. The Bertz CT molecular complexity index is 594. The van der Waals surface area contributed by atoms with E-state index in [9.17, 15) is 4.79 Å². The van der Waals surface area contributed by atoms with Gasteiger partial charge in [-0.2, -0.15) is 5.10 Å². The molecule has 0 amide bonds. The topological polar surface area (TPSA) is 59.8 Å². The summed E-state index contributed by atoms with van der Waals surface area (Å²) in [6.07, 6.45) is 4.16. The molecule has 2 aromatic rings. The Kier molecular flexibility index (Phi) is 4.55. The molecule has 2 heterocycles. The molecule has 19 heavy (non-hydrogen) atoms. The van der Waals surface area contributed by atoms with Crippen molar-refractivity contribution in [1.82, 2.24) is 14.8 Å². The second-order valence-corrected chi connectivity index (χ2v) is 5.68. The zero-order valence-electron chi connectivity index (χ0n) is 10.8. The maximum atomic E-state index is 11.9. The number of thiazole rings is 1. The first-order valence-electron chi connectivity index (χ1n) is 5.99. The van der Waals surface area contributed by atoms with Gasteiger partial charge in [-0.05, 0) is 13.8 Å². The molecule has 0 aliphatic carbocycles. The summed E-state index contributed by atoms with van der Waals surface area (Å²) in [6.45, 7) is 4.45. The van der Waals surface area contributed by atoms with Crippen LogP contribution in [0.4, 0.5) is 5.69 Å². The zero-order valence-corrected chi connectivity index (χ0v) is 12.3. The minimum Gasteiger partial charge on any atom is -0.382 e. The van der Waals surface area contributed by atoms with E-state index < -0.39 is 0 Å². The van der Waals surface area contributed by atoms with Gasteiger partial charge in [0.15, 0.2) is 0 Å². The summed E-state index contributed by atoms with van der Waals surface area (Å²) in [5.41, 5.74) is 0.302. The third kappa shape index (κ3) is 3.33. The van der Waals surface area contributed by atoms with Gasteiger partial charge >= 0.3 is 0 Å². The van der Waals surface area contributed by atoms with Crippen molar-refractivity contribution in [1.29, 1.82) is 0 Å². The molecule has 2 rings (SSSR count). The normalized spacial score (nSPS) is 10.9. The molecule has 7 heteroatoms. The molecule has 0 fully saturated rings. The number of nitrogens with one attached hydrogen (secondary N) is 1. The summed E-state index contributed by atoms with van der Waals surface area (Å²) in [4.78, 5) is 16.1. The summed E-state index contributed by atoms with van der Waals surface area (Å²) in [7, 11) is 0. The fraction of sp³-hybridized carbons (Fsp3) is 0.417. The summed E-state index contributed by atoms with van der Waals surface area (Å²) in [5.74, 6) is 0. The maximum absolute atomic E-state index is 11.9. The van der Waals surface area contributed by atoms with Crippen molar-refractivity contribution < 1.29 is 0 Å². The van der Waals surface area contributed by atoms with E-state index in [2.05, 4.69) is 15.4 Å². The first-order valence-corrected chi connectivity index (χ1v) is 7.25. The Morgan fingerprint density at radius 3 is 2.95 bits per heavy atom. The molecule has 0 aliphatic rings. The lowest BCUT2D eigenvalue weighted by Gasteiger charge is -2.11. The van der Waals surface area contributed by atoms with Gasteiger partial charge < -0.3 is 5.32 Å². The predicted molar refractivity (Wildman–Crippen MR) is 78.2 cm³/mol. The van der Waals surface area contributed by atoms with Crippen LogP contribution in [0.15, 0.2) is 22.6 Å². The third-order valence-corrected chi connectivity index (χ3v) is 3.78. The quantitative estimate of drug-likeness (QED) is 0.922. The van der Waals surface area contributed by atoms with Gasteiger partial charge in [-0.25, -0.2) is 9.67 Å². The Labute approximate surface area is 120 Å². The van der Waals surface area contributed by atoms with Crippen molar-refractivity contribution in [3.63, 3.8) is 0 Å². The van der Waals surface area contributed by atoms with Crippen molar-refractivity contribution in [3.05, 3.63) is 38.2 Å². The molecule has 5 nitrogen and oxygen atoms in total. The molecule has 2 aromatic heterocycles. The molecule has 0 saturated carbocycles. The van der Waals surface area contributed by atoms with Crippen molar-refractivity contribution in [2.45, 2.75) is 26.3 Å². The van der Waals surface area contributed by atoms with Crippen molar-refractivity contribution in [2.24, 2.45) is 0 Å². The lowest BCUT2D eigenvalue weighted by Crippen LogP contribution is -2.26. The number of rotatable bonds is 5. The van der Waals surface area contributed by atoms with E-state index in [-0.39, 0.29) is 16.6 Å². The van der Waals surface area contributed by atoms with Crippen molar-refractivity contribution >= 4 is 28.6 Å². The monoisotopic (exact) mass is 298 g/mol. The number of hydrogen-bond acceptors (Lipinski definition) is 5. The maximum Gasteiger partial charge on any atom is 0.287 e. The molecular weight excluding hydrogens is 284 g/mol. The SMILES string of the molecule is CC(C)n1ncc(NCCc2nccs2)c(Cl)c1=O. The van der Waals surface area contributed by atoms with Crippen molar-refractivity contribution in [3.8, 4) is 0 Å². The number of hydrogen-bond donors (Lipinski definition) is 1. The minimum absolute atomic E-state index is 0.00521. The molecular formula is C12H15ClN4OS. The number of anilines is 1. The average Bonchev–Trinajstić information content (AvgIpc) is 2.87. The summed E-state index contributed by atoms with van der Waals surface area (Å²) in [6, 6.07) is -0.00521. The fourth-order valence-electron chi connectivity index (χ4n) is 1.62. The van der Waals surface area contributed by atoms with Crippen LogP contribution < -0.4 is 10.9 Å². The molecule has 0 unspecified atom stereocenters. The summed E-state index contributed by atoms with van der Waals surface area (Å²) >= 11 is 7.66. The minimum atomic E-state index is -0.268. The standard InChI is InChI=1S/C12H15ClN4OS/c1-8(2)17-12(18)11(13)9(7-16-17)14-4-3-10-15-5-6-19-10/h5-8,14H,3-4H2,1-2H3. The number of nitrogens with zero attached hydrogens (tertiary/aromatic N) is 3. The van der Waals surface area contributed by atoms with Crippen LogP contribution in [-0.2, 0) is 6.42 Å². The highest BCUT2D eigenvalue weighted by molar-refractivity contribution is 7.09. The van der Waals surface area contributed by atoms with Gasteiger partial charge in [-0.15, -0.1) is 11.3 Å². The summed E-state index contributed by atoms with van der Waals surface area (Å²) < 4.78 is 1.37. The first kappa shape index (κ1) is 14.0. The van der Waals surface area contributed by atoms with Gasteiger partial charge in [0.05, 0.1) is 22.9 Å². The Balaban J connectivity index is 2.05. The fourth-order valence-corrected chi connectivity index (χ4v) is 2.44. The Morgan fingerprint density at radius 2 is 2.32 bits per heavy atom. The van der Waals surface area contributed by atoms with Crippen molar-refractivity contribution in [2.75, 3.05) is 11.9 Å². The van der Waals surface area contributed by atoms with E-state index in [1.807, 2.05) is 19.2 Å².